The van der Waals surface area contributed by atoms with Gasteiger partial charge in [-0.1, -0.05) is 0 Å². The highest BCUT2D eigenvalue weighted by atomic mass is 15.3. The molecule has 0 saturated carbocycles. The van der Waals surface area contributed by atoms with Crippen LogP contribution in [-0.4, -0.2) is 11.2 Å². The van der Waals surface area contributed by atoms with Crippen molar-refractivity contribution in [1.82, 2.24) is 4.98 Å². The molecule has 0 bridgehead atoms. The van der Waals surface area contributed by atoms with Gasteiger partial charge in [-0.3, -0.25) is 5.43 Å². The summed E-state index contributed by atoms with van der Waals surface area (Å²) in [4.78, 5) is 4.10. The van der Waals surface area contributed by atoms with Crippen molar-refractivity contribution in [2.45, 2.75) is 0 Å². The zero-order valence-corrected chi connectivity index (χ0v) is 5.86. The van der Waals surface area contributed by atoms with E-state index in [9.17, 15) is 0 Å². The predicted octanol–water partition coefficient (Wildman–Crippen LogP) is 1.51. The van der Waals surface area contributed by atoms with Crippen LogP contribution < -0.4 is 5.43 Å². The van der Waals surface area contributed by atoms with Crippen LogP contribution in [0.3, 0.4) is 0 Å². The molecule has 0 fully saturated rings. The number of hydrazone groups is 1. The van der Waals surface area contributed by atoms with Crippen molar-refractivity contribution in [3.05, 3.63) is 30.0 Å². The molecule has 0 saturated heterocycles. The third-order valence-corrected chi connectivity index (χ3v) is 1.45. The van der Waals surface area contributed by atoms with Crippen molar-refractivity contribution in [3.63, 3.8) is 0 Å². The maximum Gasteiger partial charge on any atom is 0.153 e. The number of anilines is 1. The number of fused-ring (bicyclic) bond motifs is 1. The highest BCUT2D eigenvalue weighted by Gasteiger charge is 1.98. The minimum atomic E-state index is 0.803. The quantitative estimate of drug-likeness (QED) is 0.600. The molecule has 1 aliphatic heterocycles. The lowest BCUT2D eigenvalue weighted by Crippen LogP contribution is -1.91. The van der Waals surface area contributed by atoms with E-state index in [0.29, 0.717) is 0 Å². The summed E-state index contributed by atoms with van der Waals surface area (Å²) < 4.78 is 0. The second kappa shape index (κ2) is 2.54. The molecule has 0 amide bonds. The first kappa shape index (κ1) is 6.09. The number of hydrogen-bond acceptors (Lipinski definition) is 3. The number of aromatic nitrogens is 1. The third kappa shape index (κ3) is 1.12. The number of nitrogens with one attached hydrogen (secondary N) is 1. The van der Waals surface area contributed by atoms with Gasteiger partial charge < -0.3 is 0 Å². The molecule has 3 heteroatoms. The summed E-state index contributed by atoms with van der Waals surface area (Å²) in [5, 5.41) is 3.89. The zero-order valence-electron chi connectivity index (χ0n) is 5.86. The smallest absolute Gasteiger partial charge is 0.153 e. The van der Waals surface area contributed by atoms with E-state index < -0.39 is 0 Å². The Morgan fingerprint density at radius 2 is 2.36 bits per heavy atom. The van der Waals surface area contributed by atoms with Gasteiger partial charge in [0.1, 0.15) is 0 Å². The van der Waals surface area contributed by atoms with Gasteiger partial charge in [0, 0.05) is 18.0 Å². The Labute approximate surface area is 64.5 Å². The molecule has 1 aromatic rings. The Morgan fingerprint density at radius 1 is 1.36 bits per heavy atom. The summed E-state index contributed by atoms with van der Waals surface area (Å²) in [5.74, 6) is 0.803. The summed E-state index contributed by atoms with van der Waals surface area (Å²) >= 11 is 0. The fourth-order valence-electron chi connectivity index (χ4n) is 0.934. The maximum absolute atomic E-state index is 4.10. The monoisotopic (exact) mass is 145 g/mol. The van der Waals surface area contributed by atoms with Gasteiger partial charge in [-0.25, -0.2) is 4.98 Å². The molecule has 0 spiro atoms. The summed E-state index contributed by atoms with van der Waals surface area (Å²) in [6.45, 7) is 0. The van der Waals surface area contributed by atoms with Crippen LogP contribution >= 0.6 is 0 Å². The van der Waals surface area contributed by atoms with Crippen molar-refractivity contribution in [3.8, 4) is 0 Å². The van der Waals surface area contributed by atoms with E-state index in [4.69, 9.17) is 0 Å². The number of nitrogens with zero attached hydrogens (tertiary/aromatic N) is 2. The van der Waals surface area contributed by atoms with E-state index in [1.165, 1.54) is 0 Å². The molecule has 2 heterocycles. The lowest BCUT2D eigenvalue weighted by molar-refractivity contribution is 1.23. The van der Waals surface area contributed by atoms with Gasteiger partial charge in [-0.15, -0.1) is 0 Å². The van der Waals surface area contributed by atoms with Crippen LogP contribution in [0.4, 0.5) is 5.82 Å². The summed E-state index contributed by atoms with van der Waals surface area (Å²) in [6.07, 6.45) is 7.27. The molecule has 54 valence electrons. The Hall–Kier alpha value is -1.64. The fraction of sp³-hybridized carbons (Fsp3) is 0. The van der Waals surface area contributed by atoms with Crippen molar-refractivity contribution in [1.29, 1.82) is 0 Å². The SMILES string of the molecule is C1=Cc2cccnc2NN=C1. The maximum atomic E-state index is 4.10. The molecule has 2 rings (SSSR count). The van der Waals surface area contributed by atoms with Gasteiger partial charge in [-0.2, -0.15) is 5.10 Å². The minimum absolute atomic E-state index is 0.803. The molecule has 0 atom stereocenters. The highest BCUT2D eigenvalue weighted by Crippen LogP contribution is 2.13. The first-order valence-corrected chi connectivity index (χ1v) is 3.37. The summed E-state index contributed by atoms with van der Waals surface area (Å²) in [5.41, 5.74) is 3.88. The second-order valence-corrected chi connectivity index (χ2v) is 2.19. The lowest BCUT2D eigenvalue weighted by atomic mass is 10.2. The topological polar surface area (TPSA) is 37.3 Å². The van der Waals surface area contributed by atoms with Crippen LogP contribution in [0.1, 0.15) is 5.56 Å². The summed E-state index contributed by atoms with van der Waals surface area (Å²) in [7, 11) is 0. The van der Waals surface area contributed by atoms with Gasteiger partial charge in [-0.05, 0) is 24.3 Å². The molecule has 1 aliphatic rings. The first-order valence-electron chi connectivity index (χ1n) is 3.37. The Morgan fingerprint density at radius 3 is 3.36 bits per heavy atom. The van der Waals surface area contributed by atoms with Crippen LogP contribution in [-0.2, 0) is 0 Å². The molecule has 11 heavy (non-hydrogen) atoms. The average molecular weight is 145 g/mol. The Kier molecular flexibility index (Phi) is 1.41. The molecule has 0 aromatic carbocycles. The molecule has 0 radical (unpaired) electrons. The van der Waals surface area contributed by atoms with Gasteiger partial charge in [0.05, 0.1) is 0 Å². The van der Waals surface area contributed by atoms with E-state index in [1.807, 2.05) is 24.3 Å². The third-order valence-electron chi connectivity index (χ3n) is 1.45. The van der Waals surface area contributed by atoms with Crippen molar-refractivity contribution in [2.24, 2.45) is 5.10 Å². The van der Waals surface area contributed by atoms with Crippen LogP contribution in [0.5, 0.6) is 0 Å². The Balaban J connectivity index is 2.52. The van der Waals surface area contributed by atoms with E-state index in [-0.39, 0.29) is 0 Å². The molecule has 1 aromatic heterocycles. The van der Waals surface area contributed by atoms with E-state index in [1.54, 1.807) is 12.4 Å². The van der Waals surface area contributed by atoms with Gasteiger partial charge in [0.2, 0.25) is 0 Å². The largest absolute Gasteiger partial charge is 0.261 e. The van der Waals surface area contributed by atoms with Crippen molar-refractivity contribution < 1.29 is 0 Å². The number of hydrogen-bond donors (Lipinski definition) is 1. The molecule has 3 nitrogen and oxygen atoms in total. The van der Waals surface area contributed by atoms with Crippen LogP contribution in [0, 0.1) is 0 Å². The van der Waals surface area contributed by atoms with Crippen LogP contribution in [0.2, 0.25) is 0 Å². The molecule has 0 aliphatic carbocycles. The van der Waals surface area contributed by atoms with E-state index in [0.717, 1.165) is 11.4 Å². The first-order chi connectivity index (χ1) is 5.47. The molecular formula is C8H7N3. The van der Waals surface area contributed by atoms with Crippen LogP contribution in [0.15, 0.2) is 29.5 Å². The van der Waals surface area contributed by atoms with Crippen LogP contribution in [0.25, 0.3) is 6.08 Å². The number of allylic oxidation sites excluding steroid dienone is 1. The van der Waals surface area contributed by atoms with E-state index >= 15 is 0 Å². The van der Waals surface area contributed by atoms with Gasteiger partial charge in [0.15, 0.2) is 5.82 Å². The second-order valence-electron chi connectivity index (χ2n) is 2.19. The minimum Gasteiger partial charge on any atom is -0.261 e. The average Bonchev–Trinajstić information content (AvgIpc) is 2.28. The Bertz CT molecular complexity index is 315. The molecule has 1 N–H and O–H groups in total. The molecule has 0 unspecified atom stereocenters. The number of rotatable bonds is 0. The van der Waals surface area contributed by atoms with Gasteiger partial charge >= 0.3 is 0 Å². The highest BCUT2D eigenvalue weighted by molar-refractivity contribution is 5.82. The predicted molar refractivity (Wildman–Crippen MR) is 45.4 cm³/mol. The number of pyridine rings is 1. The normalized spacial score (nSPS) is 13.5. The standard InChI is InChI=1S/C8H7N3/c1-3-7-4-2-6-10-11-8(7)9-5-1/h1-6H,(H,9,11). The van der Waals surface area contributed by atoms with E-state index in [2.05, 4.69) is 15.5 Å². The van der Waals surface area contributed by atoms with Crippen molar-refractivity contribution in [2.75, 3.05) is 5.43 Å². The fourth-order valence-corrected chi connectivity index (χ4v) is 0.934. The van der Waals surface area contributed by atoms with Crippen molar-refractivity contribution >= 4 is 18.1 Å². The lowest BCUT2D eigenvalue weighted by Gasteiger charge is -1.99. The summed E-state index contributed by atoms with van der Waals surface area (Å²) in [6, 6.07) is 3.89. The molecular weight excluding hydrogens is 138 g/mol. The zero-order chi connectivity index (χ0) is 7.52. The van der Waals surface area contributed by atoms with Gasteiger partial charge in [0.25, 0.3) is 0 Å².